The largest absolute Gasteiger partial charge is 0.497 e. The van der Waals surface area contributed by atoms with Gasteiger partial charge in [-0.2, -0.15) is 0 Å². The number of aliphatic carboxylic acids is 1. The van der Waals surface area contributed by atoms with Gasteiger partial charge in [-0.15, -0.1) is 0 Å². The van der Waals surface area contributed by atoms with Gasteiger partial charge in [0.05, 0.1) is 25.6 Å². The number of rotatable bonds is 7. The summed E-state index contributed by atoms with van der Waals surface area (Å²) in [6.07, 6.45) is 0. The molecule has 1 saturated heterocycles. The SMILES string of the molecule is COc1ccc([C@@H]2[C@@H](C(=O)O)[C@H](c3ccc4c(c3)OCO4)CN2CC(=O)NC2c3ccccc3-c3ccccc32)cc1. The summed E-state index contributed by atoms with van der Waals surface area (Å²) >= 11 is 0. The van der Waals surface area contributed by atoms with Crippen LogP contribution in [0.3, 0.4) is 0 Å². The second-order valence-electron chi connectivity index (χ2n) is 10.9. The fourth-order valence-corrected chi connectivity index (χ4v) is 6.77. The molecular weight excluding hydrogens is 532 g/mol. The maximum absolute atomic E-state index is 13.8. The van der Waals surface area contributed by atoms with Crippen molar-refractivity contribution in [2.45, 2.75) is 18.0 Å². The summed E-state index contributed by atoms with van der Waals surface area (Å²) in [7, 11) is 1.59. The monoisotopic (exact) mass is 562 g/mol. The Morgan fingerprint density at radius 3 is 2.19 bits per heavy atom. The molecule has 3 aliphatic rings. The van der Waals surface area contributed by atoms with Gasteiger partial charge in [-0.1, -0.05) is 66.7 Å². The van der Waals surface area contributed by atoms with Crippen molar-refractivity contribution in [3.63, 3.8) is 0 Å². The van der Waals surface area contributed by atoms with Gasteiger partial charge in [0.15, 0.2) is 11.5 Å². The Bertz CT molecular complexity index is 1620. The van der Waals surface area contributed by atoms with Crippen LogP contribution in [0.15, 0.2) is 91.0 Å². The quantitative estimate of drug-likeness (QED) is 0.322. The van der Waals surface area contributed by atoms with Crippen LogP contribution in [0.5, 0.6) is 17.2 Å². The van der Waals surface area contributed by atoms with Gasteiger partial charge in [0.1, 0.15) is 5.75 Å². The fourth-order valence-electron chi connectivity index (χ4n) is 6.77. The molecule has 1 fully saturated rings. The van der Waals surface area contributed by atoms with E-state index in [2.05, 4.69) is 17.4 Å². The molecule has 2 heterocycles. The van der Waals surface area contributed by atoms with Crippen molar-refractivity contribution in [1.29, 1.82) is 0 Å². The van der Waals surface area contributed by atoms with Crippen molar-refractivity contribution in [2.75, 3.05) is 27.0 Å². The summed E-state index contributed by atoms with van der Waals surface area (Å²) in [6.45, 7) is 0.570. The number of amides is 1. The summed E-state index contributed by atoms with van der Waals surface area (Å²) < 4.78 is 16.4. The van der Waals surface area contributed by atoms with Gasteiger partial charge in [0.2, 0.25) is 12.7 Å². The topological polar surface area (TPSA) is 97.3 Å². The first kappa shape index (κ1) is 26.1. The highest BCUT2D eigenvalue weighted by molar-refractivity contribution is 5.84. The van der Waals surface area contributed by atoms with E-state index in [9.17, 15) is 14.7 Å². The number of nitrogens with zero attached hydrogens (tertiary/aromatic N) is 1. The third-order valence-electron chi connectivity index (χ3n) is 8.65. The molecule has 7 rings (SSSR count). The summed E-state index contributed by atoms with van der Waals surface area (Å²) in [4.78, 5) is 28.7. The van der Waals surface area contributed by atoms with Crippen molar-refractivity contribution >= 4 is 11.9 Å². The molecule has 1 aliphatic carbocycles. The lowest BCUT2D eigenvalue weighted by Gasteiger charge is -2.27. The number of nitrogens with one attached hydrogen (secondary N) is 1. The van der Waals surface area contributed by atoms with E-state index in [0.29, 0.717) is 23.8 Å². The number of benzene rings is 4. The molecular formula is C34H30N2O6. The molecule has 4 aromatic rings. The minimum Gasteiger partial charge on any atom is -0.497 e. The summed E-state index contributed by atoms with van der Waals surface area (Å²) in [5.74, 6) is -0.320. The number of ether oxygens (including phenoxy) is 3. The number of carboxylic acids is 1. The Labute approximate surface area is 243 Å². The predicted octanol–water partition coefficient (Wildman–Crippen LogP) is 5.15. The lowest BCUT2D eigenvalue weighted by Crippen LogP contribution is -2.39. The Hall–Kier alpha value is -4.82. The molecule has 212 valence electrons. The van der Waals surface area contributed by atoms with Gasteiger partial charge < -0.3 is 24.6 Å². The number of carbonyl (C=O) groups excluding carboxylic acids is 1. The third kappa shape index (κ3) is 4.44. The maximum atomic E-state index is 13.8. The Balaban J connectivity index is 1.21. The van der Waals surface area contributed by atoms with Crippen LogP contribution < -0.4 is 19.5 Å². The smallest absolute Gasteiger partial charge is 0.309 e. The van der Waals surface area contributed by atoms with Gasteiger partial charge in [-0.3, -0.25) is 14.5 Å². The van der Waals surface area contributed by atoms with Crippen molar-refractivity contribution in [2.24, 2.45) is 5.92 Å². The zero-order chi connectivity index (χ0) is 28.8. The van der Waals surface area contributed by atoms with Crippen LogP contribution in [0.25, 0.3) is 11.1 Å². The molecule has 42 heavy (non-hydrogen) atoms. The van der Waals surface area contributed by atoms with Crippen molar-refractivity contribution in [1.82, 2.24) is 10.2 Å². The summed E-state index contributed by atoms with van der Waals surface area (Å²) in [5.41, 5.74) is 6.00. The van der Waals surface area contributed by atoms with Crippen LogP contribution in [0.1, 0.15) is 40.3 Å². The number of carboxylic acid groups (broad SMARTS) is 1. The Kier molecular flexibility index (Phi) is 6.55. The Morgan fingerprint density at radius 2 is 1.52 bits per heavy atom. The minimum atomic E-state index is -0.917. The maximum Gasteiger partial charge on any atom is 0.309 e. The molecule has 2 N–H and O–H groups in total. The van der Waals surface area contributed by atoms with E-state index in [0.717, 1.165) is 33.4 Å². The van der Waals surface area contributed by atoms with Gasteiger partial charge in [-0.05, 0) is 57.6 Å². The highest BCUT2D eigenvalue weighted by atomic mass is 16.7. The normalized spacial score (nSPS) is 20.6. The molecule has 0 aromatic heterocycles. The first-order valence-electron chi connectivity index (χ1n) is 14.0. The van der Waals surface area contributed by atoms with Crippen molar-refractivity contribution in [3.05, 3.63) is 113 Å². The summed E-state index contributed by atoms with van der Waals surface area (Å²) in [5, 5.41) is 13.8. The van der Waals surface area contributed by atoms with Gasteiger partial charge in [0.25, 0.3) is 0 Å². The third-order valence-corrected chi connectivity index (χ3v) is 8.65. The number of likely N-dealkylation sites (tertiary alicyclic amines) is 1. The molecule has 4 aromatic carbocycles. The first-order valence-corrected chi connectivity index (χ1v) is 14.0. The van der Waals surface area contributed by atoms with Crippen LogP contribution >= 0.6 is 0 Å². The summed E-state index contributed by atoms with van der Waals surface area (Å²) in [6, 6.07) is 28.4. The standard InChI is InChI=1S/C34H30N2O6/c1-40-22-13-10-20(11-14-22)33-31(34(38)39)27(21-12-15-28-29(16-21)42-19-41-28)17-36(33)18-30(37)35-32-25-8-4-2-6-23(25)24-7-3-5-9-26(24)32/h2-16,27,31-33H,17-19H2,1H3,(H,35,37)(H,38,39)/t27-,31-,33+/m0/s1. The van der Waals surface area contributed by atoms with Crippen LogP contribution in [0.4, 0.5) is 0 Å². The number of carbonyl (C=O) groups is 2. The molecule has 8 nitrogen and oxygen atoms in total. The molecule has 0 unspecified atom stereocenters. The van der Waals surface area contributed by atoms with Gasteiger partial charge in [-0.25, -0.2) is 0 Å². The van der Waals surface area contributed by atoms with Gasteiger partial charge in [0, 0.05) is 18.5 Å². The molecule has 0 spiro atoms. The van der Waals surface area contributed by atoms with Crippen LogP contribution in [0.2, 0.25) is 0 Å². The molecule has 3 atom stereocenters. The first-order chi connectivity index (χ1) is 20.5. The van der Waals surface area contributed by atoms with Crippen LogP contribution in [-0.2, 0) is 9.59 Å². The van der Waals surface area contributed by atoms with E-state index in [-0.39, 0.29) is 31.2 Å². The van der Waals surface area contributed by atoms with E-state index in [1.165, 1.54) is 0 Å². The van der Waals surface area contributed by atoms with E-state index in [4.69, 9.17) is 14.2 Å². The minimum absolute atomic E-state index is 0.0440. The van der Waals surface area contributed by atoms with Crippen molar-refractivity contribution < 1.29 is 28.9 Å². The Morgan fingerprint density at radius 1 is 0.881 bits per heavy atom. The predicted molar refractivity (Wildman–Crippen MR) is 156 cm³/mol. The fraction of sp³-hybridized carbons (Fsp3) is 0.235. The van der Waals surface area contributed by atoms with E-state index in [1.807, 2.05) is 83.8 Å². The van der Waals surface area contributed by atoms with E-state index >= 15 is 0 Å². The number of hydrogen-bond acceptors (Lipinski definition) is 6. The highest BCUT2D eigenvalue weighted by Crippen LogP contribution is 2.48. The van der Waals surface area contributed by atoms with Gasteiger partial charge >= 0.3 is 5.97 Å². The lowest BCUT2D eigenvalue weighted by molar-refractivity contribution is -0.143. The highest BCUT2D eigenvalue weighted by Gasteiger charge is 2.48. The van der Waals surface area contributed by atoms with Crippen LogP contribution in [-0.4, -0.2) is 48.9 Å². The number of fused-ring (bicyclic) bond motifs is 4. The molecule has 0 saturated carbocycles. The molecule has 8 heteroatoms. The molecule has 0 bridgehead atoms. The molecule has 0 radical (unpaired) electrons. The van der Waals surface area contributed by atoms with Crippen molar-refractivity contribution in [3.8, 4) is 28.4 Å². The lowest BCUT2D eigenvalue weighted by atomic mass is 9.82. The number of hydrogen-bond donors (Lipinski definition) is 2. The number of methoxy groups -OCH3 is 1. The molecule has 2 aliphatic heterocycles. The van der Waals surface area contributed by atoms with E-state index in [1.54, 1.807) is 7.11 Å². The second kappa shape index (κ2) is 10.5. The molecule has 1 amide bonds. The average Bonchev–Trinajstić information content (AvgIpc) is 3.72. The average molecular weight is 563 g/mol. The zero-order valence-corrected chi connectivity index (χ0v) is 23.0. The van der Waals surface area contributed by atoms with E-state index < -0.39 is 17.9 Å². The van der Waals surface area contributed by atoms with Crippen LogP contribution in [0, 0.1) is 5.92 Å². The second-order valence-corrected chi connectivity index (χ2v) is 10.9. The zero-order valence-electron chi connectivity index (χ0n) is 23.0.